The van der Waals surface area contributed by atoms with E-state index in [1.165, 1.54) is 0 Å². The van der Waals surface area contributed by atoms with Crippen molar-refractivity contribution in [2.75, 3.05) is 0 Å². The van der Waals surface area contributed by atoms with E-state index in [4.69, 9.17) is 27.9 Å². The molecule has 0 unspecified atom stereocenters. The third kappa shape index (κ3) is 2.73. The molecule has 0 saturated carbocycles. The first-order valence-electron chi connectivity index (χ1n) is 7.36. The number of ether oxygens (including phenoxy) is 1. The number of hydrogen-bond donors (Lipinski definition) is 0. The standard InChI is InChI=1S/C18H16Cl2O2/c1-2-5-15(21)22-18-16-11(6-3-8-13(16)19)10-12-7-4-9-14(20)17(12)18/h3-4,6-9,18H,2,5,10H2,1H3. The molecule has 0 aliphatic heterocycles. The predicted octanol–water partition coefficient (Wildman–Crippen LogP) is 5.33. The van der Waals surface area contributed by atoms with Gasteiger partial charge < -0.3 is 4.74 Å². The lowest BCUT2D eigenvalue weighted by Crippen LogP contribution is -2.20. The van der Waals surface area contributed by atoms with Crippen molar-refractivity contribution in [1.82, 2.24) is 0 Å². The fourth-order valence-electron chi connectivity index (χ4n) is 2.92. The smallest absolute Gasteiger partial charge is 0.306 e. The Morgan fingerprint density at radius 2 is 1.64 bits per heavy atom. The lowest BCUT2D eigenvalue weighted by molar-refractivity contribution is -0.147. The van der Waals surface area contributed by atoms with Crippen molar-refractivity contribution >= 4 is 29.2 Å². The van der Waals surface area contributed by atoms with Gasteiger partial charge in [-0.05, 0) is 36.1 Å². The van der Waals surface area contributed by atoms with Gasteiger partial charge in [-0.3, -0.25) is 4.79 Å². The van der Waals surface area contributed by atoms with Crippen LogP contribution >= 0.6 is 23.2 Å². The van der Waals surface area contributed by atoms with Crippen LogP contribution in [0, 0.1) is 0 Å². The van der Waals surface area contributed by atoms with Gasteiger partial charge >= 0.3 is 5.97 Å². The SMILES string of the molecule is CCCC(=O)OC1c2c(Cl)cccc2Cc2cccc(Cl)c21. The van der Waals surface area contributed by atoms with E-state index in [0.717, 1.165) is 35.1 Å². The molecule has 0 heterocycles. The van der Waals surface area contributed by atoms with E-state index in [1.54, 1.807) is 0 Å². The topological polar surface area (TPSA) is 26.3 Å². The van der Waals surface area contributed by atoms with Gasteiger partial charge in [0, 0.05) is 27.6 Å². The van der Waals surface area contributed by atoms with Crippen molar-refractivity contribution in [3.05, 3.63) is 68.7 Å². The van der Waals surface area contributed by atoms with E-state index in [1.807, 2.05) is 43.3 Å². The summed E-state index contributed by atoms with van der Waals surface area (Å²) in [5.41, 5.74) is 3.87. The zero-order chi connectivity index (χ0) is 15.7. The second kappa shape index (κ2) is 6.31. The molecule has 114 valence electrons. The van der Waals surface area contributed by atoms with E-state index < -0.39 is 6.10 Å². The fraction of sp³-hybridized carbons (Fsp3) is 0.278. The maximum Gasteiger partial charge on any atom is 0.306 e. The Hall–Kier alpha value is -1.51. The highest BCUT2D eigenvalue weighted by atomic mass is 35.5. The average molecular weight is 335 g/mol. The van der Waals surface area contributed by atoms with Crippen molar-refractivity contribution in [3.63, 3.8) is 0 Å². The molecule has 0 radical (unpaired) electrons. The number of esters is 1. The van der Waals surface area contributed by atoms with Gasteiger partial charge in [-0.25, -0.2) is 0 Å². The predicted molar refractivity (Wildman–Crippen MR) is 88.6 cm³/mol. The van der Waals surface area contributed by atoms with Crippen molar-refractivity contribution in [3.8, 4) is 0 Å². The molecule has 2 aromatic rings. The molecule has 2 nitrogen and oxygen atoms in total. The van der Waals surface area contributed by atoms with Crippen LogP contribution in [0.4, 0.5) is 0 Å². The zero-order valence-electron chi connectivity index (χ0n) is 12.2. The van der Waals surface area contributed by atoms with E-state index in [-0.39, 0.29) is 5.97 Å². The highest BCUT2D eigenvalue weighted by molar-refractivity contribution is 6.32. The number of carbonyl (C=O) groups excluding carboxylic acids is 1. The van der Waals surface area contributed by atoms with E-state index in [9.17, 15) is 4.79 Å². The van der Waals surface area contributed by atoms with Crippen LogP contribution in [0.15, 0.2) is 36.4 Å². The molecule has 0 bridgehead atoms. The average Bonchev–Trinajstić information content (AvgIpc) is 2.47. The summed E-state index contributed by atoms with van der Waals surface area (Å²) in [7, 11) is 0. The highest BCUT2D eigenvalue weighted by Gasteiger charge is 2.32. The summed E-state index contributed by atoms with van der Waals surface area (Å²) in [4.78, 5) is 12.0. The Morgan fingerprint density at radius 3 is 2.14 bits per heavy atom. The largest absolute Gasteiger partial charge is 0.452 e. The van der Waals surface area contributed by atoms with Gasteiger partial charge in [-0.2, -0.15) is 0 Å². The van der Waals surface area contributed by atoms with Gasteiger partial charge in [0.15, 0.2) is 6.10 Å². The summed E-state index contributed by atoms with van der Waals surface area (Å²) in [5.74, 6) is -0.230. The minimum atomic E-state index is -0.528. The van der Waals surface area contributed by atoms with Crippen molar-refractivity contribution in [2.24, 2.45) is 0 Å². The molecule has 3 rings (SSSR count). The summed E-state index contributed by atoms with van der Waals surface area (Å²) < 4.78 is 5.74. The van der Waals surface area contributed by atoms with Crippen molar-refractivity contribution in [1.29, 1.82) is 0 Å². The second-order valence-electron chi connectivity index (χ2n) is 5.42. The third-order valence-electron chi connectivity index (χ3n) is 3.90. The molecule has 0 atom stereocenters. The molecule has 1 aliphatic rings. The van der Waals surface area contributed by atoms with Crippen LogP contribution in [0.5, 0.6) is 0 Å². The van der Waals surface area contributed by atoms with Crippen LogP contribution in [-0.4, -0.2) is 5.97 Å². The van der Waals surface area contributed by atoms with Gasteiger partial charge in [0.25, 0.3) is 0 Å². The maximum atomic E-state index is 12.0. The van der Waals surface area contributed by atoms with Gasteiger partial charge in [0.1, 0.15) is 0 Å². The van der Waals surface area contributed by atoms with Crippen molar-refractivity contribution < 1.29 is 9.53 Å². The first-order valence-corrected chi connectivity index (χ1v) is 8.11. The van der Waals surface area contributed by atoms with Gasteiger partial charge in [-0.15, -0.1) is 0 Å². The summed E-state index contributed by atoms with van der Waals surface area (Å²) >= 11 is 12.8. The van der Waals surface area contributed by atoms with Crippen LogP contribution in [-0.2, 0) is 16.0 Å². The molecule has 0 amide bonds. The van der Waals surface area contributed by atoms with Crippen LogP contribution in [0.25, 0.3) is 0 Å². The van der Waals surface area contributed by atoms with E-state index in [2.05, 4.69) is 0 Å². The lowest BCUT2D eigenvalue weighted by Gasteiger charge is -2.29. The molecular formula is C18H16Cl2O2. The van der Waals surface area contributed by atoms with Gasteiger partial charge in [0.2, 0.25) is 0 Å². The Bertz CT molecular complexity index is 674. The minimum Gasteiger partial charge on any atom is -0.452 e. The summed E-state index contributed by atoms with van der Waals surface area (Å²) in [5, 5.41) is 1.22. The Kier molecular flexibility index (Phi) is 4.42. The molecule has 0 saturated heterocycles. The number of rotatable bonds is 3. The number of fused-ring (bicyclic) bond motifs is 2. The molecule has 2 aromatic carbocycles. The summed E-state index contributed by atoms with van der Waals surface area (Å²) in [6.45, 7) is 1.95. The van der Waals surface area contributed by atoms with Crippen LogP contribution in [0.3, 0.4) is 0 Å². The number of hydrogen-bond acceptors (Lipinski definition) is 2. The minimum absolute atomic E-state index is 0.230. The molecule has 0 fully saturated rings. The highest BCUT2D eigenvalue weighted by Crippen LogP contribution is 2.43. The third-order valence-corrected chi connectivity index (χ3v) is 4.55. The number of benzene rings is 2. The molecule has 4 heteroatoms. The summed E-state index contributed by atoms with van der Waals surface area (Å²) in [6, 6.07) is 11.5. The van der Waals surface area contributed by atoms with Gasteiger partial charge in [-0.1, -0.05) is 54.4 Å². The lowest BCUT2D eigenvalue weighted by atomic mass is 9.83. The zero-order valence-corrected chi connectivity index (χ0v) is 13.7. The van der Waals surface area contributed by atoms with Crippen LogP contribution in [0.2, 0.25) is 10.0 Å². The number of halogens is 2. The first-order chi connectivity index (χ1) is 10.6. The van der Waals surface area contributed by atoms with Gasteiger partial charge in [0.05, 0.1) is 0 Å². The summed E-state index contributed by atoms with van der Waals surface area (Å²) in [6.07, 6.45) is 1.35. The Labute approximate surface area is 140 Å². The van der Waals surface area contributed by atoms with Crippen LogP contribution < -0.4 is 0 Å². The Morgan fingerprint density at radius 1 is 1.09 bits per heavy atom. The molecule has 0 N–H and O–H groups in total. The molecular weight excluding hydrogens is 319 g/mol. The van der Waals surface area contributed by atoms with Crippen LogP contribution in [0.1, 0.15) is 48.1 Å². The maximum absolute atomic E-state index is 12.0. The second-order valence-corrected chi connectivity index (χ2v) is 6.24. The first kappa shape index (κ1) is 15.4. The normalized spacial score (nSPS) is 13.4. The van der Waals surface area contributed by atoms with Crippen molar-refractivity contribution in [2.45, 2.75) is 32.3 Å². The quantitative estimate of drug-likeness (QED) is 0.709. The van der Waals surface area contributed by atoms with E-state index in [0.29, 0.717) is 16.5 Å². The molecule has 0 spiro atoms. The monoisotopic (exact) mass is 334 g/mol. The Balaban J connectivity index is 2.12. The molecule has 22 heavy (non-hydrogen) atoms. The fourth-order valence-corrected chi connectivity index (χ4v) is 3.51. The van der Waals surface area contributed by atoms with E-state index >= 15 is 0 Å². The molecule has 0 aromatic heterocycles. The molecule has 1 aliphatic carbocycles. The number of carbonyl (C=O) groups is 1.